The number of hydrogen-bond acceptors (Lipinski definition) is 4. The highest BCUT2D eigenvalue weighted by Crippen LogP contribution is 2.55. The van der Waals surface area contributed by atoms with Crippen LogP contribution in [0.3, 0.4) is 0 Å². The van der Waals surface area contributed by atoms with E-state index in [2.05, 4.69) is 14.9 Å². The van der Waals surface area contributed by atoms with Gasteiger partial charge in [0.15, 0.2) is 0 Å². The fraction of sp³-hybridized carbons (Fsp3) is 0.500. The lowest BCUT2D eigenvalue weighted by Crippen LogP contribution is -2.34. The van der Waals surface area contributed by atoms with Crippen molar-refractivity contribution in [2.24, 2.45) is 23.7 Å². The number of carbonyl (C=O) groups is 1. The SMILES string of the molecule is O=C(Nc1snnc1-c1ccccc1)N1C[C@@H]2[C@@H]3CC[C@@H](C3)[C@@H]2C1. The molecule has 3 fully saturated rings. The molecule has 1 N–H and O–H groups in total. The topological polar surface area (TPSA) is 58.1 Å². The second-order valence-corrected chi connectivity index (χ2v) is 8.07. The van der Waals surface area contributed by atoms with Crippen molar-refractivity contribution in [1.29, 1.82) is 0 Å². The molecule has 2 aromatic rings. The maximum absolute atomic E-state index is 12.7. The first-order valence-corrected chi connectivity index (χ1v) is 9.50. The molecule has 5 nitrogen and oxygen atoms in total. The average molecular weight is 340 g/mol. The van der Waals surface area contributed by atoms with Crippen LogP contribution >= 0.6 is 11.5 Å². The van der Waals surface area contributed by atoms with E-state index in [1.807, 2.05) is 35.2 Å². The molecule has 1 saturated heterocycles. The van der Waals surface area contributed by atoms with Crippen molar-refractivity contribution < 1.29 is 4.79 Å². The zero-order chi connectivity index (χ0) is 16.1. The molecule has 3 aliphatic rings. The Hall–Kier alpha value is -1.95. The number of likely N-dealkylation sites (tertiary alicyclic amines) is 1. The number of hydrogen-bond donors (Lipinski definition) is 1. The molecular formula is C18H20N4OS. The molecule has 1 aliphatic heterocycles. The summed E-state index contributed by atoms with van der Waals surface area (Å²) in [6, 6.07) is 9.90. The Kier molecular flexibility index (Phi) is 3.33. The second kappa shape index (κ2) is 5.55. The van der Waals surface area contributed by atoms with Crippen LogP contribution < -0.4 is 5.32 Å². The largest absolute Gasteiger partial charge is 0.324 e. The van der Waals surface area contributed by atoms with Crippen molar-refractivity contribution in [3.05, 3.63) is 30.3 Å². The van der Waals surface area contributed by atoms with Gasteiger partial charge in [0, 0.05) is 30.2 Å². The van der Waals surface area contributed by atoms with Gasteiger partial charge in [-0.15, -0.1) is 5.10 Å². The van der Waals surface area contributed by atoms with Gasteiger partial charge in [-0.2, -0.15) is 0 Å². The van der Waals surface area contributed by atoms with Gasteiger partial charge in [-0.1, -0.05) is 34.8 Å². The van der Waals surface area contributed by atoms with Gasteiger partial charge in [0.25, 0.3) is 0 Å². The van der Waals surface area contributed by atoms with Gasteiger partial charge in [0.05, 0.1) is 0 Å². The van der Waals surface area contributed by atoms with Gasteiger partial charge in [0.1, 0.15) is 10.7 Å². The van der Waals surface area contributed by atoms with Crippen molar-refractivity contribution in [3.63, 3.8) is 0 Å². The standard InChI is InChI=1S/C18H20N4OS/c23-18(22-9-14-12-6-7-13(8-12)15(14)10-22)19-17-16(20-21-24-17)11-4-2-1-3-5-11/h1-5,12-15H,6-10H2,(H,19,23)/t12-,13+,14-,15+. The lowest BCUT2D eigenvalue weighted by molar-refractivity contribution is 0.217. The number of nitrogens with one attached hydrogen (secondary N) is 1. The molecule has 0 radical (unpaired) electrons. The minimum absolute atomic E-state index is 0.00651. The second-order valence-electron chi connectivity index (χ2n) is 7.31. The molecular weight excluding hydrogens is 320 g/mol. The number of fused-ring (bicyclic) bond motifs is 5. The zero-order valence-electron chi connectivity index (χ0n) is 13.4. The average Bonchev–Trinajstić information content (AvgIpc) is 3.36. The normalized spacial score (nSPS) is 30.6. The van der Waals surface area contributed by atoms with Gasteiger partial charge >= 0.3 is 6.03 Å². The van der Waals surface area contributed by atoms with E-state index in [4.69, 9.17) is 0 Å². The predicted octanol–water partition coefficient (Wildman–Crippen LogP) is 3.71. The molecule has 124 valence electrons. The Labute approximate surface area is 145 Å². The molecule has 0 spiro atoms. The minimum Gasteiger partial charge on any atom is -0.324 e. The maximum atomic E-state index is 12.7. The quantitative estimate of drug-likeness (QED) is 0.906. The highest BCUT2D eigenvalue weighted by molar-refractivity contribution is 7.10. The molecule has 24 heavy (non-hydrogen) atoms. The van der Waals surface area contributed by atoms with Crippen LogP contribution in [0.5, 0.6) is 0 Å². The summed E-state index contributed by atoms with van der Waals surface area (Å²) in [6.45, 7) is 1.84. The van der Waals surface area contributed by atoms with Crippen LogP contribution in [0.1, 0.15) is 19.3 Å². The molecule has 1 aromatic heterocycles. The summed E-state index contributed by atoms with van der Waals surface area (Å²) in [7, 11) is 0. The zero-order valence-corrected chi connectivity index (χ0v) is 14.2. The Bertz CT molecular complexity index is 743. The van der Waals surface area contributed by atoms with Crippen molar-refractivity contribution in [2.45, 2.75) is 19.3 Å². The van der Waals surface area contributed by atoms with E-state index >= 15 is 0 Å². The fourth-order valence-electron chi connectivity index (χ4n) is 5.08. The lowest BCUT2D eigenvalue weighted by Gasteiger charge is -2.22. The highest BCUT2D eigenvalue weighted by atomic mass is 32.1. The third-order valence-electron chi connectivity index (χ3n) is 6.18. The van der Waals surface area contributed by atoms with Gasteiger partial charge in [-0.25, -0.2) is 4.79 Å². The third-order valence-corrected chi connectivity index (χ3v) is 6.82. The van der Waals surface area contributed by atoms with Crippen molar-refractivity contribution in [2.75, 3.05) is 18.4 Å². The molecule has 6 heteroatoms. The number of carbonyl (C=O) groups excluding carboxylic acids is 1. The molecule has 2 bridgehead atoms. The number of benzene rings is 1. The molecule has 0 unspecified atom stereocenters. The Balaban J connectivity index is 1.31. The third kappa shape index (κ3) is 2.24. The summed E-state index contributed by atoms with van der Waals surface area (Å²) >= 11 is 1.25. The first-order chi connectivity index (χ1) is 11.8. The molecule has 4 atom stereocenters. The van der Waals surface area contributed by atoms with E-state index < -0.39 is 0 Å². The number of rotatable bonds is 2. The molecule has 2 saturated carbocycles. The van der Waals surface area contributed by atoms with Crippen molar-refractivity contribution in [1.82, 2.24) is 14.5 Å². The van der Waals surface area contributed by atoms with Gasteiger partial charge in [-0.3, -0.25) is 5.32 Å². The van der Waals surface area contributed by atoms with E-state index in [0.717, 1.165) is 53.0 Å². The summed E-state index contributed by atoms with van der Waals surface area (Å²) in [5.74, 6) is 3.20. The molecule has 2 amide bonds. The van der Waals surface area contributed by atoms with Crippen LogP contribution in [-0.4, -0.2) is 33.6 Å². The molecule has 1 aromatic carbocycles. The van der Waals surface area contributed by atoms with Gasteiger partial charge in [-0.05, 0) is 42.9 Å². The van der Waals surface area contributed by atoms with Crippen LogP contribution in [0.25, 0.3) is 11.3 Å². The Morgan fingerprint density at radius 3 is 2.54 bits per heavy atom. The molecule has 2 heterocycles. The smallest absolute Gasteiger partial charge is 0.322 e. The number of nitrogens with zero attached hydrogens (tertiary/aromatic N) is 3. The van der Waals surface area contributed by atoms with Gasteiger partial charge in [0.2, 0.25) is 0 Å². The number of anilines is 1. The highest BCUT2D eigenvalue weighted by Gasteiger charge is 2.52. The summed E-state index contributed by atoms with van der Waals surface area (Å²) in [5, 5.41) is 7.99. The maximum Gasteiger partial charge on any atom is 0.322 e. The van der Waals surface area contributed by atoms with E-state index in [1.165, 1.54) is 30.8 Å². The van der Waals surface area contributed by atoms with Crippen LogP contribution in [0.2, 0.25) is 0 Å². The summed E-state index contributed by atoms with van der Waals surface area (Å²) in [4.78, 5) is 14.7. The van der Waals surface area contributed by atoms with Crippen LogP contribution in [0.4, 0.5) is 9.80 Å². The minimum atomic E-state index is 0.00651. The monoisotopic (exact) mass is 340 g/mol. The number of aromatic nitrogens is 2. The number of amides is 2. The van der Waals surface area contributed by atoms with E-state index in [0.29, 0.717) is 0 Å². The first kappa shape index (κ1) is 14.4. The van der Waals surface area contributed by atoms with Crippen LogP contribution in [-0.2, 0) is 0 Å². The van der Waals surface area contributed by atoms with E-state index in [9.17, 15) is 4.79 Å². The van der Waals surface area contributed by atoms with E-state index in [-0.39, 0.29) is 6.03 Å². The van der Waals surface area contributed by atoms with Crippen molar-refractivity contribution >= 4 is 22.6 Å². The summed E-state index contributed by atoms with van der Waals surface area (Å²) < 4.78 is 4.03. The molecule has 5 rings (SSSR count). The first-order valence-electron chi connectivity index (χ1n) is 8.73. The predicted molar refractivity (Wildman–Crippen MR) is 93.7 cm³/mol. The van der Waals surface area contributed by atoms with Gasteiger partial charge < -0.3 is 4.90 Å². The Morgan fingerprint density at radius 1 is 1.12 bits per heavy atom. The summed E-state index contributed by atoms with van der Waals surface area (Å²) in [6.07, 6.45) is 4.15. The summed E-state index contributed by atoms with van der Waals surface area (Å²) in [5.41, 5.74) is 1.74. The fourth-order valence-corrected chi connectivity index (χ4v) is 5.66. The van der Waals surface area contributed by atoms with Crippen molar-refractivity contribution in [3.8, 4) is 11.3 Å². The van der Waals surface area contributed by atoms with Crippen LogP contribution in [0, 0.1) is 23.7 Å². The Morgan fingerprint density at radius 2 is 1.83 bits per heavy atom. The number of urea groups is 1. The molecule has 2 aliphatic carbocycles. The van der Waals surface area contributed by atoms with E-state index in [1.54, 1.807) is 0 Å². The van der Waals surface area contributed by atoms with Crippen LogP contribution in [0.15, 0.2) is 30.3 Å². The lowest BCUT2D eigenvalue weighted by atomic mass is 9.82.